The van der Waals surface area contributed by atoms with Crippen molar-refractivity contribution in [2.24, 2.45) is 10.3 Å². The van der Waals surface area contributed by atoms with Crippen LogP contribution in [0.1, 0.15) is 5.56 Å². The maximum Gasteiger partial charge on any atom is 0.211 e. The quantitative estimate of drug-likeness (QED) is 0.528. The van der Waals surface area contributed by atoms with Crippen LogP contribution in [0.5, 0.6) is 0 Å². The van der Waals surface area contributed by atoms with Crippen molar-refractivity contribution in [3.8, 4) is 0 Å². The van der Waals surface area contributed by atoms with Gasteiger partial charge >= 0.3 is 0 Å². The summed E-state index contributed by atoms with van der Waals surface area (Å²) in [7, 11) is -6.83. The monoisotopic (exact) mass is 340 g/mol. The topological polar surface area (TPSA) is 150 Å². The van der Waals surface area contributed by atoms with E-state index < -0.39 is 26.7 Å². The van der Waals surface area contributed by atoms with Gasteiger partial charge in [0.1, 0.15) is 0 Å². The summed E-state index contributed by atoms with van der Waals surface area (Å²) in [6.45, 7) is 0.142. The van der Waals surface area contributed by atoms with Gasteiger partial charge in [-0.05, 0) is 5.56 Å². The SMILES string of the molecule is NS(=O)(=O)CCO.NS(=O)(=O)CCOCc1ccccc1. The molecule has 1 aromatic carbocycles. The second-order valence-electron chi connectivity index (χ2n) is 4.00. The molecule has 0 fully saturated rings. The normalized spacial score (nSPS) is 11.6. The minimum atomic E-state index is -3.42. The zero-order valence-electron chi connectivity index (χ0n) is 11.4. The lowest BCUT2D eigenvalue weighted by Gasteiger charge is -2.02. The first-order valence-corrected chi connectivity index (χ1v) is 9.30. The number of hydrogen-bond donors (Lipinski definition) is 3. The fourth-order valence-electron chi connectivity index (χ4n) is 1.07. The summed E-state index contributed by atoms with van der Waals surface area (Å²) >= 11 is 0. The van der Waals surface area contributed by atoms with Crippen LogP contribution in [0, 0.1) is 0 Å². The average molecular weight is 340 g/mol. The molecule has 21 heavy (non-hydrogen) atoms. The summed E-state index contributed by atoms with van der Waals surface area (Å²) in [4.78, 5) is 0. The van der Waals surface area contributed by atoms with E-state index in [-0.39, 0.29) is 18.1 Å². The van der Waals surface area contributed by atoms with E-state index in [1.165, 1.54) is 0 Å². The number of rotatable bonds is 7. The van der Waals surface area contributed by atoms with Crippen molar-refractivity contribution >= 4 is 20.0 Å². The van der Waals surface area contributed by atoms with Crippen molar-refractivity contribution in [1.29, 1.82) is 0 Å². The largest absolute Gasteiger partial charge is 0.395 e. The summed E-state index contributed by atoms with van der Waals surface area (Å²) in [5.41, 5.74) is 1.02. The van der Waals surface area contributed by atoms with Crippen molar-refractivity contribution in [3.63, 3.8) is 0 Å². The second-order valence-corrected chi connectivity index (χ2v) is 7.46. The van der Waals surface area contributed by atoms with Gasteiger partial charge in [0.15, 0.2) is 0 Å². The third kappa shape index (κ3) is 15.2. The smallest absolute Gasteiger partial charge is 0.211 e. The molecule has 0 aromatic heterocycles. The number of aliphatic hydroxyl groups excluding tert-OH is 1. The van der Waals surface area contributed by atoms with Crippen LogP contribution in [0.25, 0.3) is 0 Å². The molecule has 0 aliphatic carbocycles. The molecule has 8 nitrogen and oxygen atoms in total. The van der Waals surface area contributed by atoms with Gasteiger partial charge in [-0.2, -0.15) is 0 Å². The third-order valence-corrected chi connectivity index (χ3v) is 3.49. The number of benzene rings is 1. The van der Waals surface area contributed by atoms with Gasteiger partial charge in [-0.3, -0.25) is 0 Å². The Labute approximate surface area is 124 Å². The van der Waals surface area contributed by atoms with Gasteiger partial charge in [0.2, 0.25) is 20.0 Å². The highest BCUT2D eigenvalue weighted by atomic mass is 32.2. The summed E-state index contributed by atoms with van der Waals surface area (Å²) in [5.74, 6) is -0.493. The summed E-state index contributed by atoms with van der Waals surface area (Å²) in [6.07, 6.45) is 0. The van der Waals surface area contributed by atoms with Gasteiger partial charge < -0.3 is 9.84 Å². The second kappa shape index (κ2) is 9.82. The van der Waals surface area contributed by atoms with E-state index >= 15 is 0 Å². The number of aliphatic hydroxyl groups is 1. The fraction of sp³-hybridized carbons (Fsp3) is 0.455. The van der Waals surface area contributed by atoms with Crippen molar-refractivity contribution in [2.75, 3.05) is 24.7 Å². The van der Waals surface area contributed by atoms with E-state index in [0.717, 1.165) is 5.56 Å². The van der Waals surface area contributed by atoms with Crippen LogP contribution in [-0.2, 0) is 31.4 Å². The maximum absolute atomic E-state index is 10.5. The lowest BCUT2D eigenvalue weighted by Crippen LogP contribution is -2.20. The van der Waals surface area contributed by atoms with Crippen molar-refractivity contribution in [2.45, 2.75) is 6.61 Å². The van der Waals surface area contributed by atoms with Gasteiger partial charge in [-0.15, -0.1) is 0 Å². The molecular formula is C11H20N2O6S2. The molecule has 122 valence electrons. The highest BCUT2D eigenvalue weighted by molar-refractivity contribution is 7.89. The van der Waals surface area contributed by atoms with Crippen molar-refractivity contribution in [1.82, 2.24) is 0 Å². The molecule has 0 saturated carbocycles. The van der Waals surface area contributed by atoms with E-state index in [1.54, 1.807) is 0 Å². The first-order valence-electron chi connectivity index (χ1n) is 5.87. The Morgan fingerprint density at radius 2 is 1.48 bits per heavy atom. The molecule has 1 aromatic rings. The van der Waals surface area contributed by atoms with E-state index in [0.29, 0.717) is 6.61 Å². The predicted molar refractivity (Wildman–Crippen MR) is 79.1 cm³/mol. The molecule has 0 amide bonds. The van der Waals surface area contributed by atoms with Crippen LogP contribution in [0.4, 0.5) is 0 Å². The van der Waals surface area contributed by atoms with Gasteiger partial charge in [-0.25, -0.2) is 27.1 Å². The summed E-state index contributed by atoms with van der Waals surface area (Å²) in [6, 6.07) is 9.54. The van der Waals surface area contributed by atoms with Gasteiger partial charge in [0.25, 0.3) is 0 Å². The Morgan fingerprint density at radius 3 is 1.86 bits per heavy atom. The molecule has 0 radical (unpaired) electrons. The maximum atomic E-state index is 10.5. The van der Waals surface area contributed by atoms with Crippen LogP contribution in [-0.4, -0.2) is 46.7 Å². The van der Waals surface area contributed by atoms with E-state index in [4.69, 9.17) is 15.0 Å². The van der Waals surface area contributed by atoms with Crippen LogP contribution >= 0.6 is 0 Å². The van der Waals surface area contributed by atoms with Crippen LogP contribution in [0.2, 0.25) is 0 Å². The van der Waals surface area contributed by atoms with Crippen LogP contribution < -0.4 is 10.3 Å². The number of hydrogen-bond acceptors (Lipinski definition) is 6. The average Bonchev–Trinajstić information content (AvgIpc) is 2.34. The molecule has 0 aliphatic heterocycles. The van der Waals surface area contributed by atoms with Crippen molar-refractivity contribution < 1.29 is 26.7 Å². The molecule has 10 heteroatoms. The Kier molecular flexibility index (Phi) is 9.33. The minimum absolute atomic E-state index is 0.133. The molecule has 0 heterocycles. The number of primary sulfonamides is 2. The molecule has 0 unspecified atom stereocenters. The minimum Gasteiger partial charge on any atom is -0.395 e. The predicted octanol–water partition coefficient (Wildman–Crippen LogP) is -1.24. The van der Waals surface area contributed by atoms with E-state index in [2.05, 4.69) is 5.14 Å². The van der Waals surface area contributed by atoms with Crippen LogP contribution in [0.15, 0.2) is 30.3 Å². The molecule has 0 spiro atoms. The van der Waals surface area contributed by atoms with Gasteiger partial charge in [0, 0.05) is 0 Å². The Hall–Kier alpha value is -1.04. The van der Waals surface area contributed by atoms with Gasteiger partial charge in [0.05, 0.1) is 31.3 Å². The summed E-state index contributed by atoms with van der Waals surface area (Å²) in [5, 5.41) is 17.2. The Bertz CT molecular complexity index is 586. The fourth-order valence-corrected chi connectivity index (χ4v) is 1.67. The molecule has 0 atom stereocenters. The molecule has 0 aliphatic rings. The third-order valence-electron chi connectivity index (χ3n) is 2.00. The number of sulfonamides is 2. The standard InChI is InChI=1S/C9H13NO3S.C2H7NO3S/c10-14(11,12)7-6-13-8-9-4-2-1-3-5-9;3-7(5,6)2-1-4/h1-5H,6-8H2,(H2,10,11,12);4H,1-2H2,(H2,3,5,6). The highest BCUT2D eigenvalue weighted by Crippen LogP contribution is 2.00. The Balaban J connectivity index is 0.000000486. The highest BCUT2D eigenvalue weighted by Gasteiger charge is 2.01. The first kappa shape index (κ1) is 20.0. The Morgan fingerprint density at radius 1 is 0.952 bits per heavy atom. The molecule has 0 bridgehead atoms. The van der Waals surface area contributed by atoms with Gasteiger partial charge in [-0.1, -0.05) is 30.3 Å². The summed E-state index contributed by atoms with van der Waals surface area (Å²) < 4.78 is 45.9. The molecular weight excluding hydrogens is 320 g/mol. The molecule has 0 saturated heterocycles. The molecule has 5 N–H and O–H groups in total. The number of ether oxygens (including phenoxy) is 1. The number of nitrogens with two attached hydrogens (primary N) is 2. The molecule has 1 rings (SSSR count). The van der Waals surface area contributed by atoms with Crippen LogP contribution in [0.3, 0.4) is 0 Å². The zero-order chi connectivity index (χ0) is 16.4. The zero-order valence-corrected chi connectivity index (χ0v) is 13.0. The lowest BCUT2D eigenvalue weighted by atomic mass is 10.2. The lowest BCUT2D eigenvalue weighted by molar-refractivity contribution is 0.135. The van der Waals surface area contributed by atoms with E-state index in [9.17, 15) is 16.8 Å². The van der Waals surface area contributed by atoms with Crippen molar-refractivity contribution in [3.05, 3.63) is 35.9 Å². The van der Waals surface area contributed by atoms with E-state index in [1.807, 2.05) is 30.3 Å². The first-order chi connectivity index (χ1) is 9.64.